The molecule has 0 radical (unpaired) electrons. The van der Waals surface area contributed by atoms with Gasteiger partial charge in [0, 0.05) is 24.9 Å². The number of hydrogen-bond donors (Lipinski definition) is 8. The summed E-state index contributed by atoms with van der Waals surface area (Å²) in [6.07, 6.45) is 2.83. The molecule has 36 heavy (non-hydrogen) atoms. The van der Waals surface area contributed by atoms with Crippen LogP contribution in [0.4, 0.5) is 0 Å². The van der Waals surface area contributed by atoms with E-state index in [1.165, 1.54) is 4.90 Å². The highest BCUT2D eigenvalue weighted by Gasteiger charge is 2.74. The van der Waals surface area contributed by atoms with Crippen molar-refractivity contribution < 1.29 is 24.6 Å². The SMILES string of the molecule is N=C1N[C@H]2[C@H](CN3C(=O)CCC3=O)NC(=N)N3CC(NC(=O)c4cccc5c4CCC5)C(O)(O)[C@]23N1. The predicted octanol–water partition coefficient (Wildman–Crippen LogP) is -2.48. The number of rotatable bonds is 4. The lowest BCUT2D eigenvalue weighted by Gasteiger charge is -2.51. The average molecular weight is 497 g/mol. The maximum Gasteiger partial charge on any atom is 0.252 e. The van der Waals surface area contributed by atoms with E-state index in [9.17, 15) is 24.6 Å². The Labute approximate surface area is 206 Å². The van der Waals surface area contributed by atoms with Gasteiger partial charge in [-0.15, -0.1) is 0 Å². The minimum atomic E-state index is -2.62. The van der Waals surface area contributed by atoms with Crippen LogP contribution in [-0.2, 0) is 22.4 Å². The highest BCUT2D eigenvalue weighted by molar-refractivity contribution is 6.02. The molecule has 4 saturated heterocycles. The van der Waals surface area contributed by atoms with Gasteiger partial charge in [-0.2, -0.15) is 0 Å². The molecule has 13 heteroatoms. The van der Waals surface area contributed by atoms with Gasteiger partial charge in [-0.1, -0.05) is 12.1 Å². The van der Waals surface area contributed by atoms with Crippen molar-refractivity contribution in [3.8, 4) is 0 Å². The lowest BCUT2D eigenvalue weighted by atomic mass is 9.84. The standard InChI is InChI=1S/C23H28N8O5/c24-20-28-18-14(9-30-16(32)7-8-17(30)33)26-21(25)31-10-15(23(35,36)22(18,31)29-20)27-19(34)13-6-2-4-11-3-1-5-12(11)13/h2,4,6,14-15,18,35-36H,1,3,5,7-10H2,(H2,25,26)(H,27,34)(H3,24,28,29)/t14-,15?,18-,22-/m0/s1. The fourth-order valence-electron chi connectivity index (χ4n) is 6.42. The normalized spacial score (nSPS) is 32.0. The third-order valence-corrected chi connectivity index (χ3v) is 8.13. The quantitative estimate of drug-likeness (QED) is 0.164. The summed E-state index contributed by atoms with van der Waals surface area (Å²) in [5, 5.41) is 51.3. The van der Waals surface area contributed by atoms with Gasteiger partial charge in [0.2, 0.25) is 17.6 Å². The molecule has 4 heterocycles. The van der Waals surface area contributed by atoms with E-state index in [-0.39, 0.29) is 49.7 Å². The predicted molar refractivity (Wildman–Crippen MR) is 125 cm³/mol. The second kappa shape index (κ2) is 7.64. The molecular weight excluding hydrogens is 468 g/mol. The van der Waals surface area contributed by atoms with Crippen LogP contribution in [0.2, 0.25) is 0 Å². The maximum atomic E-state index is 13.3. The number of likely N-dealkylation sites (tertiary alicyclic amines) is 1. The smallest absolute Gasteiger partial charge is 0.252 e. The Bertz CT molecular complexity index is 1200. The van der Waals surface area contributed by atoms with E-state index in [1.54, 1.807) is 6.07 Å². The molecule has 4 aliphatic heterocycles. The highest BCUT2D eigenvalue weighted by Crippen LogP contribution is 2.43. The fraction of sp³-hybridized carbons (Fsp3) is 0.522. The molecule has 1 spiro atoms. The number of carbonyl (C=O) groups excluding carboxylic acids is 3. The lowest BCUT2D eigenvalue weighted by Crippen LogP contribution is -2.81. The number of aryl methyl sites for hydroxylation is 1. The van der Waals surface area contributed by atoms with Gasteiger partial charge in [0.25, 0.3) is 5.91 Å². The van der Waals surface area contributed by atoms with Gasteiger partial charge in [-0.3, -0.25) is 30.1 Å². The van der Waals surface area contributed by atoms with E-state index in [2.05, 4.69) is 21.3 Å². The molecule has 1 aromatic carbocycles. The summed E-state index contributed by atoms with van der Waals surface area (Å²) in [5.74, 6) is -4.11. The van der Waals surface area contributed by atoms with Crippen molar-refractivity contribution >= 4 is 29.6 Å². The molecule has 0 bridgehead atoms. The van der Waals surface area contributed by atoms with Gasteiger partial charge in [0.1, 0.15) is 6.04 Å². The van der Waals surface area contributed by atoms with Crippen molar-refractivity contribution in [1.82, 2.24) is 31.1 Å². The van der Waals surface area contributed by atoms with Crippen LogP contribution >= 0.6 is 0 Å². The van der Waals surface area contributed by atoms with Gasteiger partial charge >= 0.3 is 0 Å². The van der Waals surface area contributed by atoms with Gasteiger partial charge in [0.05, 0.1) is 18.6 Å². The van der Waals surface area contributed by atoms with Crippen molar-refractivity contribution in [1.29, 1.82) is 10.8 Å². The number of benzene rings is 1. The van der Waals surface area contributed by atoms with Gasteiger partial charge in [-0.05, 0) is 36.5 Å². The zero-order valence-electron chi connectivity index (χ0n) is 19.4. The number of carbonyl (C=O) groups is 3. The molecule has 190 valence electrons. The Hall–Kier alpha value is -3.71. The van der Waals surface area contributed by atoms with Crippen LogP contribution in [0.15, 0.2) is 18.2 Å². The molecule has 4 atom stereocenters. The van der Waals surface area contributed by atoms with Crippen molar-refractivity contribution in [3.05, 3.63) is 34.9 Å². The Morgan fingerprint density at radius 2 is 1.86 bits per heavy atom. The van der Waals surface area contributed by atoms with Crippen molar-refractivity contribution in [2.45, 2.75) is 61.7 Å². The van der Waals surface area contributed by atoms with E-state index in [1.807, 2.05) is 12.1 Å². The summed E-state index contributed by atoms with van der Waals surface area (Å²) in [5.41, 5.74) is 0.765. The zero-order chi connectivity index (χ0) is 25.4. The zero-order valence-corrected chi connectivity index (χ0v) is 19.4. The van der Waals surface area contributed by atoms with Crippen LogP contribution in [0.5, 0.6) is 0 Å². The molecule has 4 fully saturated rings. The fourth-order valence-corrected chi connectivity index (χ4v) is 6.42. The van der Waals surface area contributed by atoms with Crippen molar-refractivity contribution in [2.75, 3.05) is 13.1 Å². The van der Waals surface area contributed by atoms with Crippen molar-refractivity contribution in [2.24, 2.45) is 0 Å². The molecule has 13 nitrogen and oxygen atoms in total. The second-order valence-corrected chi connectivity index (χ2v) is 10.0. The highest BCUT2D eigenvalue weighted by atomic mass is 16.5. The summed E-state index contributed by atoms with van der Waals surface area (Å²) in [6.45, 7) is -0.224. The van der Waals surface area contributed by atoms with E-state index in [4.69, 9.17) is 10.8 Å². The monoisotopic (exact) mass is 496 g/mol. The number of guanidine groups is 2. The molecule has 3 amide bonds. The summed E-state index contributed by atoms with van der Waals surface area (Å²) in [4.78, 5) is 40.2. The first-order valence-electron chi connectivity index (χ1n) is 12.1. The summed E-state index contributed by atoms with van der Waals surface area (Å²) >= 11 is 0. The van der Waals surface area contributed by atoms with Crippen LogP contribution in [0.25, 0.3) is 0 Å². The number of nitrogens with zero attached hydrogens (tertiary/aromatic N) is 2. The van der Waals surface area contributed by atoms with Gasteiger partial charge < -0.3 is 36.4 Å². The third-order valence-electron chi connectivity index (χ3n) is 8.13. The molecule has 1 aliphatic carbocycles. The molecule has 8 N–H and O–H groups in total. The number of nitrogens with one attached hydrogen (secondary N) is 6. The topological polar surface area (TPSA) is 194 Å². The number of imide groups is 1. The van der Waals surface area contributed by atoms with Gasteiger partial charge in [0.15, 0.2) is 17.6 Å². The third kappa shape index (κ3) is 2.99. The minimum absolute atomic E-state index is 0.105. The number of amides is 3. The Morgan fingerprint density at radius 3 is 2.61 bits per heavy atom. The average Bonchev–Trinajstić information content (AvgIpc) is 3.57. The van der Waals surface area contributed by atoms with Gasteiger partial charge in [-0.25, -0.2) is 0 Å². The van der Waals surface area contributed by atoms with Crippen LogP contribution in [0, 0.1) is 10.8 Å². The molecule has 1 aromatic rings. The minimum Gasteiger partial charge on any atom is -0.361 e. The summed E-state index contributed by atoms with van der Waals surface area (Å²) < 4.78 is 0. The summed E-state index contributed by atoms with van der Waals surface area (Å²) in [6, 6.07) is 2.60. The van der Waals surface area contributed by atoms with E-state index in [0.29, 0.717) is 5.56 Å². The first kappa shape index (κ1) is 22.7. The van der Waals surface area contributed by atoms with E-state index < -0.39 is 35.5 Å². The second-order valence-electron chi connectivity index (χ2n) is 10.0. The van der Waals surface area contributed by atoms with E-state index in [0.717, 1.165) is 35.3 Å². The molecule has 6 rings (SSSR count). The first-order chi connectivity index (χ1) is 17.1. The van der Waals surface area contributed by atoms with E-state index >= 15 is 0 Å². The molecule has 0 saturated carbocycles. The lowest BCUT2D eigenvalue weighted by molar-refractivity contribution is -0.232. The first-order valence-corrected chi connectivity index (χ1v) is 12.1. The molecule has 1 unspecified atom stereocenters. The molecular formula is C23H28N8O5. The largest absolute Gasteiger partial charge is 0.361 e. The Morgan fingerprint density at radius 1 is 1.11 bits per heavy atom. The number of fused-ring (bicyclic) bond motifs is 1. The van der Waals surface area contributed by atoms with Crippen LogP contribution in [0.1, 0.15) is 40.7 Å². The molecule has 0 aromatic heterocycles. The number of hydrogen-bond acceptors (Lipinski definition) is 7. The van der Waals surface area contributed by atoms with Crippen molar-refractivity contribution in [3.63, 3.8) is 0 Å². The molecule has 5 aliphatic rings. The summed E-state index contributed by atoms with van der Waals surface area (Å²) in [7, 11) is 0. The van der Waals surface area contributed by atoms with Crippen LogP contribution < -0.4 is 21.3 Å². The number of aliphatic hydroxyl groups is 2. The Kier molecular flexibility index (Phi) is 4.83. The van der Waals surface area contributed by atoms with Crippen LogP contribution in [-0.4, -0.2) is 92.3 Å². The Balaban J connectivity index is 1.31. The maximum absolute atomic E-state index is 13.3. The van der Waals surface area contributed by atoms with Crippen LogP contribution in [0.3, 0.4) is 0 Å².